The number of rotatable bonds is 6. The van der Waals surface area contributed by atoms with Crippen molar-refractivity contribution in [3.8, 4) is 5.75 Å². The molecule has 0 aliphatic carbocycles. The van der Waals surface area contributed by atoms with Crippen molar-refractivity contribution in [1.82, 2.24) is 0 Å². The lowest BCUT2D eigenvalue weighted by Crippen LogP contribution is -2.32. The largest absolute Gasteiger partial charge is 0.481 e. The Labute approximate surface area is 170 Å². The fourth-order valence-corrected chi connectivity index (χ4v) is 3.60. The Bertz CT molecular complexity index is 1030. The normalized spacial score (nSPS) is 14.8. The van der Waals surface area contributed by atoms with E-state index in [0.717, 1.165) is 29.4 Å². The first kappa shape index (κ1) is 19.0. The third-order valence-corrected chi connectivity index (χ3v) is 5.18. The highest BCUT2D eigenvalue weighted by Crippen LogP contribution is 2.24. The first-order valence-electron chi connectivity index (χ1n) is 10.0. The Morgan fingerprint density at radius 3 is 2.52 bits per heavy atom. The number of nitrogens with zero attached hydrogens (tertiary/aromatic N) is 1. The molecule has 4 rings (SSSR count). The average Bonchev–Trinajstić information content (AvgIpc) is 3.18. The minimum atomic E-state index is -0.587. The lowest BCUT2D eigenvalue weighted by atomic mass is 10.1. The molecule has 2 amide bonds. The van der Waals surface area contributed by atoms with Crippen LogP contribution in [0.2, 0.25) is 0 Å². The van der Waals surface area contributed by atoms with E-state index in [1.54, 1.807) is 4.90 Å². The molecule has 0 aromatic heterocycles. The molecule has 0 saturated carbocycles. The van der Waals surface area contributed by atoms with E-state index in [2.05, 4.69) is 5.32 Å². The Hall–Kier alpha value is -3.34. The molecule has 148 valence electrons. The van der Waals surface area contributed by atoms with Gasteiger partial charge in [0.25, 0.3) is 5.91 Å². The molecule has 1 atom stereocenters. The minimum Gasteiger partial charge on any atom is -0.481 e. The molecular weight excluding hydrogens is 364 g/mol. The number of amides is 2. The van der Waals surface area contributed by atoms with E-state index in [4.69, 9.17) is 4.74 Å². The molecule has 0 bridgehead atoms. The third kappa shape index (κ3) is 4.24. The van der Waals surface area contributed by atoms with Gasteiger partial charge in [0.1, 0.15) is 5.75 Å². The number of benzene rings is 3. The number of carbonyl (C=O) groups excluding carboxylic acids is 2. The molecule has 5 nitrogen and oxygen atoms in total. The van der Waals surface area contributed by atoms with Gasteiger partial charge in [0.2, 0.25) is 5.91 Å². The van der Waals surface area contributed by atoms with Gasteiger partial charge in [0.05, 0.1) is 0 Å². The Kier molecular flexibility index (Phi) is 5.47. The van der Waals surface area contributed by atoms with Crippen molar-refractivity contribution >= 4 is 34.0 Å². The highest BCUT2D eigenvalue weighted by atomic mass is 16.5. The second-order valence-corrected chi connectivity index (χ2v) is 7.21. The highest BCUT2D eigenvalue weighted by molar-refractivity contribution is 5.97. The maximum atomic E-state index is 12.7. The van der Waals surface area contributed by atoms with Gasteiger partial charge in [-0.25, -0.2) is 0 Å². The van der Waals surface area contributed by atoms with Gasteiger partial charge >= 0.3 is 0 Å². The zero-order valence-electron chi connectivity index (χ0n) is 16.4. The van der Waals surface area contributed by atoms with Crippen molar-refractivity contribution in [3.05, 3.63) is 66.7 Å². The van der Waals surface area contributed by atoms with Crippen LogP contribution in [-0.4, -0.2) is 24.5 Å². The summed E-state index contributed by atoms with van der Waals surface area (Å²) in [6, 6.07) is 21.3. The summed E-state index contributed by atoms with van der Waals surface area (Å²) in [6.45, 7) is 2.68. The fourth-order valence-electron chi connectivity index (χ4n) is 3.60. The van der Waals surface area contributed by atoms with Gasteiger partial charge in [-0.05, 0) is 60.0 Å². The number of anilines is 2. The van der Waals surface area contributed by atoms with Gasteiger partial charge < -0.3 is 15.0 Å². The number of nitrogens with one attached hydrogen (secondary N) is 1. The van der Waals surface area contributed by atoms with Crippen LogP contribution in [0.1, 0.15) is 26.2 Å². The van der Waals surface area contributed by atoms with Crippen molar-refractivity contribution in [2.75, 3.05) is 16.8 Å². The van der Waals surface area contributed by atoms with Gasteiger partial charge in [-0.1, -0.05) is 37.3 Å². The maximum Gasteiger partial charge on any atom is 0.265 e. The van der Waals surface area contributed by atoms with Crippen molar-refractivity contribution in [2.45, 2.75) is 32.3 Å². The summed E-state index contributed by atoms with van der Waals surface area (Å²) >= 11 is 0. The fraction of sp³-hybridized carbons (Fsp3) is 0.250. The molecule has 1 heterocycles. The Balaban J connectivity index is 1.42. The lowest BCUT2D eigenvalue weighted by molar-refractivity contribution is -0.122. The van der Waals surface area contributed by atoms with Gasteiger partial charge in [-0.2, -0.15) is 0 Å². The monoisotopic (exact) mass is 388 g/mol. The lowest BCUT2D eigenvalue weighted by Gasteiger charge is -2.19. The van der Waals surface area contributed by atoms with E-state index in [1.165, 1.54) is 0 Å². The number of ether oxygens (including phenoxy) is 1. The van der Waals surface area contributed by atoms with Crippen LogP contribution in [-0.2, 0) is 9.59 Å². The van der Waals surface area contributed by atoms with Crippen LogP contribution >= 0.6 is 0 Å². The SMILES string of the molecule is CC[C@@H](Oc1ccc2ccccc2c1)C(=O)Nc1ccc(N2CCCC2=O)cc1. The van der Waals surface area contributed by atoms with Gasteiger partial charge in [0, 0.05) is 24.3 Å². The Morgan fingerprint density at radius 1 is 1.07 bits per heavy atom. The molecule has 1 fully saturated rings. The summed E-state index contributed by atoms with van der Waals surface area (Å²) in [4.78, 5) is 26.3. The van der Waals surface area contributed by atoms with Crippen molar-refractivity contribution < 1.29 is 14.3 Å². The molecule has 3 aromatic rings. The van der Waals surface area contributed by atoms with E-state index in [9.17, 15) is 9.59 Å². The van der Waals surface area contributed by atoms with Crippen LogP contribution in [0.3, 0.4) is 0 Å². The van der Waals surface area contributed by atoms with Crippen molar-refractivity contribution in [1.29, 1.82) is 0 Å². The maximum absolute atomic E-state index is 12.7. The summed E-state index contributed by atoms with van der Waals surface area (Å²) in [5, 5.41) is 5.12. The molecule has 29 heavy (non-hydrogen) atoms. The molecule has 5 heteroatoms. The van der Waals surface area contributed by atoms with E-state index in [0.29, 0.717) is 24.3 Å². The molecule has 1 saturated heterocycles. The summed E-state index contributed by atoms with van der Waals surface area (Å²) < 4.78 is 5.96. The van der Waals surface area contributed by atoms with Crippen molar-refractivity contribution in [3.63, 3.8) is 0 Å². The third-order valence-electron chi connectivity index (χ3n) is 5.18. The zero-order valence-corrected chi connectivity index (χ0v) is 16.4. The predicted octanol–water partition coefficient (Wildman–Crippen LogP) is 4.76. The van der Waals surface area contributed by atoms with E-state index in [-0.39, 0.29) is 11.8 Å². The smallest absolute Gasteiger partial charge is 0.265 e. The summed E-state index contributed by atoms with van der Waals surface area (Å²) in [6.07, 6.45) is 1.46. The number of hydrogen-bond donors (Lipinski definition) is 1. The van der Waals surface area contributed by atoms with E-state index < -0.39 is 6.10 Å². The molecule has 0 unspecified atom stereocenters. The average molecular weight is 388 g/mol. The van der Waals surface area contributed by atoms with Crippen LogP contribution in [0.25, 0.3) is 10.8 Å². The van der Waals surface area contributed by atoms with Crippen molar-refractivity contribution in [2.24, 2.45) is 0 Å². The second-order valence-electron chi connectivity index (χ2n) is 7.21. The highest BCUT2D eigenvalue weighted by Gasteiger charge is 2.22. The molecule has 1 aliphatic rings. The van der Waals surface area contributed by atoms with Gasteiger partial charge in [-0.3, -0.25) is 9.59 Å². The van der Waals surface area contributed by atoms with E-state index in [1.807, 2.05) is 73.7 Å². The first-order chi connectivity index (χ1) is 14.1. The van der Waals surface area contributed by atoms with Gasteiger partial charge in [0.15, 0.2) is 6.10 Å². The van der Waals surface area contributed by atoms with Crippen LogP contribution in [0, 0.1) is 0 Å². The number of fused-ring (bicyclic) bond motifs is 1. The van der Waals surface area contributed by atoms with E-state index >= 15 is 0 Å². The summed E-state index contributed by atoms with van der Waals surface area (Å²) in [5.74, 6) is 0.635. The van der Waals surface area contributed by atoms with Crippen LogP contribution < -0.4 is 15.0 Å². The standard InChI is InChI=1S/C24H24N2O3/c1-2-22(29-21-14-9-17-6-3-4-7-18(17)16-21)24(28)25-19-10-12-20(13-11-19)26-15-5-8-23(26)27/h3-4,6-7,9-14,16,22H,2,5,8,15H2,1H3,(H,25,28)/t22-/m1/s1. The first-order valence-corrected chi connectivity index (χ1v) is 10.0. The molecule has 3 aromatic carbocycles. The summed E-state index contributed by atoms with van der Waals surface area (Å²) in [5.41, 5.74) is 1.55. The van der Waals surface area contributed by atoms with Crippen LogP contribution in [0.5, 0.6) is 5.75 Å². The molecule has 0 spiro atoms. The van der Waals surface area contributed by atoms with Crippen LogP contribution in [0.4, 0.5) is 11.4 Å². The molecule has 0 radical (unpaired) electrons. The summed E-state index contributed by atoms with van der Waals surface area (Å²) in [7, 11) is 0. The minimum absolute atomic E-state index is 0.150. The molecular formula is C24H24N2O3. The van der Waals surface area contributed by atoms with Crippen LogP contribution in [0.15, 0.2) is 66.7 Å². The molecule has 1 aliphatic heterocycles. The molecule has 1 N–H and O–H groups in total. The van der Waals surface area contributed by atoms with Gasteiger partial charge in [-0.15, -0.1) is 0 Å². The zero-order chi connectivity index (χ0) is 20.2. The Morgan fingerprint density at radius 2 is 1.83 bits per heavy atom. The second kappa shape index (κ2) is 8.35. The number of carbonyl (C=O) groups is 2. The predicted molar refractivity (Wildman–Crippen MR) is 115 cm³/mol. The topological polar surface area (TPSA) is 58.6 Å². The number of hydrogen-bond acceptors (Lipinski definition) is 3. The quantitative estimate of drug-likeness (QED) is 0.662.